The van der Waals surface area contributed by atoms with Gasteiger partial charge in [-0.3, -0.25) is 9.59 Å². The second-order valence-corrected chi connectivity index (χ2v) is 8.23. The summed E-state index contributed by atoms with van der Waals surface area (Å²) < 4.78 is 15.6. The Hall–Kier alpha value is -3.07. The molecule has 9 heteroatoms. The number of aryl methyl sites for hydroxylation is 1. The van der Waals surface area contributed by atoms with Crippen LogP contribution in [-0.2, 0) is 4.79 Å². The van der Waals surface area contributed by atoms with E-state index in [2.05, 4.69) is 15.5 Å². The summed E-state index contributed by atoms with van der Waals surface area (Å²) in [6, 6.07) is 8.17. The fraction of sp³-hybridized carbons (Fsp3) is 0.333. The van der Waals surface area contributed by atoms with Gasteiger partial charge in [-0.1, -0.05) is 17.4 Å². The van der Waals surface area contributed by atoms with Crippen LogP contribution in [0.15, 0.2) is 35.8 Å². The third-order valence-electron chi connectivity index (χ3n) is 5.47. The lowest BCUT2D eigenvalue weighted by Gasteiger charge is -2.31. The molecule has 156 valence electrons. The number of hydrogen-bond donors (Lipinski definition) is 1. The van der Waals surface area contributed by atoms with Crippen molar-refractivity contribution in [2.75, 3.05) is 18.4 Å². The summed E-state index contributed by atoms with van der Waals surface area (Å²) >= 11 is 1.28. The van der Waals surface area contributed by atoms with Gasteiger partial charge in [-0.05, 0) is 51.0 Å². The average molecular weight is 428 g/mol. The summed E-state index contributed by atoms with van der Waals surface area (Å²) in [5, 5.41) is 10.8. The van der Waals surface area contributed by atoms with Gasteiger partial charge in [0, 0.05) is 36.1 Å². The number of aromatic nitrogens is 3. The lowest BCUT2D eigenvalue weighted by atomic mass is 9.95. The van der Waals surface area contributed by atoms with E-state index in [0.29, 0.717) is 42.3 Å². The van der Waals surface area contributed by atoms with Crippen molar-refractivity contribution in [2.45, 2.75) is 26.7 Å². The molecule has 1 aliphatic rings. The number of carbonyl (C=O) groups excluding carboxylic acids is 2. The van der Waals surface area contributed by atoms with Crippen LogP contribution >= 0.6 is 11.3 Å². The van der Waals surface area contributed by atoms with E-state index in [0.717, 1.165) is 11.4 Å². The van der Waals surface area contributed by atoms with Crippen LogP contribution in [0, 0.1) is 25.6 Å². The molecule has 0 atom stereocenters. The van der Waals surface area contributed by atoms with Crippen molar-refractivity contribution in [1.82, 2.24) is 19.7 Å². The Kier molecular flexibility index (Phi) is 5.63. The van der Waals surface area contributed by atoms with Gasteiger partial charge in [0.05, 0.1) is 5.56 Å². The average Bonchev–Trinajstić information content (AvgIpc) is 3.35. The quantitative estimate of drug-likeness (QED) is 0.690. The summed E-state index contributed by atoms with van der Waals surface area (Å²) in [7, 11) is 0. The molecule has 3 heterocycles. The molecule has 1 N–H and O–H groups in total. The lowest BCUT2D eigenvalue weighted by molar-refractivity contribution is -0.121. The fourth-order valence-electron chi connectivity index (χ4n) is 3.94. The minimum atomic E-state index is -0.318. The zero-order valence-electron chi connectivity index (χ0n) is 16.8. The van der Waals surface area contributed by atoms with Crippen molar-refractivity contribution in [3.05, 3.63) is 58.6 Å². The predicted octanol–water partition coefficient (Wildman–Crippen LogP) is 3.58. The van der Waals surface area contributed by atoms with Crippen LogP contribution in [0.25, 0.3) is 5.69 Å². The number of nitrogens with one attached hydrogen (secondary N) is 1. The van der Waals surface area contributed by atoms with Crippen LogP contribution in [0.2, 0.25) is 0 Å². The Morgan fingerprint density at radius 1 is 1.20 bits per heavy atom. The second-order valence-electron chi connectivity index (χ2n) is 7.40. The molecule has 1 aromatic carbocycles. The first-order chi connectivity index (χ1) is 14.4. The van der Waals surface area contributed by atoms with Crippen molar-refractivity contribution in [3.8, 4) is 5.69 Å². The molecule has 30 heavy (non-hydrogen) atoms. The summed E-state index contributed by atoms with van der Waals surface area (Å²) in [5.41, 5.74) is 4.51. The molecule has 1 aliphatic heterocycles. The van der Waals surface area contributed by atoms with Crippen LogP contribution in [0.4, 0.5) is 9.52 Å². The van der Waals surface area contributed by atoms with Crippen LogP contribution in [-0.4, -0.2) is 44.6 Å². The number of halogens is 1. The van der Waals surface area contributed by atoms with E-state index in [1.165, 1.54) is 23.5 Å². The number of nitrogens with zero attached hydrogens (tertiary/aromatic N) is 4. The van der Waals surface area contributed by atoms with Crippen molar-refractivity contribution in [2.24, 2.45) is 5.92 Å². The molecule has 2 aromatic heterocycles. The van der Waals surface area contributed by atoms with Crippen molar-refractivity contribution < 1.29 is 14.0 Å². The van der Waals surface area contributed by atoms with Gasteiger partial charge in [-0.25, -0.2) is 4.39 Å². The summed E-state index contributed by atoms with van der Waals surface area (Å²) in [6.07, 6.45) is 1.19. The molecule has 1 fully saturated rings. The van der Waals surface area contributed by atoms with Gasteiger partial charge in [0.2, 0.25) is 11.0 Å². The number of carbonyl (C=O) groups is 2. The molecular weight excluding hydrogens is 405 g/mol. The Labute approximate surface area is 177 Å². The van der Waals surface area contributed by atoms with Crippen LogP contribution in [0.1, 0.15) is 34.6 Å². The maximum absolute atomic E-state index is 13.7. The smallest absolute Gasteiger partial charge is 0.255 e. The van der Waals surface area contributed by atoms with Crippen LogP contribution in [0.3, 0.4) is 0 Å². The maximum atomic E-state index is 13.7. The van der Waals surface area contributed by atoms with Gasteiger partial charge in [0.15, 0.2) is 0 Å². The highest BCUT2D eigenvalue weighted by Gasteiger charge is 2.29. The molecular formula is C21H22FN5O2S. The highest BCUT2D eigenvalue weighted by molar-refractivity contribution is 7.13. The molecule has 0 aliphatic carbocycles. The van der Waals surface area contributed by atoms with E-state index < -0.39 is 0 Å². The Bertz CT molecular complexity index is 1070. The monoisotopic (exact) mass is 427 g/mol. The summed E-state index contributed by atoms with van der Waals surface area (Å²) in [4.78, 5) is 27.3. The fourth-order valence-corrected chi connectivity index (χ4v) is 4.39. The number of piperidine rings is 1. The molecule has 0 saturated carbocycles. The SMILES string of the molecule is Cc1cc(C(=O)N2CCC(C(=O)Nc3nncs3)CC2)c(C)n1-c1cccc(F)c1. The Morgan fingerprint density at radius 3 is 2.63 bits per heavy atom. The third kappa shape index (κ3) is 3.97. The molecule has 3 aromatic rings. The highest BCUT2D eigenvalue weighted by Crippen LogP contribution is 2.25. The Morgan fingerprint density at radius 2 is 1.97 bits per heavy atom. The van der Waals surface area contributed by atoms with E-state index >= 15 is 0 Å². The van der Waals surface area contributed by atoms with Gasteiger partial charge in [0.25, 0.3) is 5.91 Å². The van der Waals surface area contributed by atoms with Gasteiger partial charge in [0.1, 0.15) is 11.3 Å². The standard InChI is InChI=1S/C21H22FN5O2S/c1-13-10-18(14(2)27(13)17-5-3-4-16(22)11-17)20(29)26-8-6-15(7-9-26)19(28)24-21-25-23-12-30-21/h3-5,10-12,15H,6-9H2,1-2H3,(H,24,25,28). The minimum Gasteiger partial charge on any atom is -0.339 e. The molecule has 7 nitrogen and oxygen atoms in total. The van der Waals surface area contributed by atoms with E-state index in [-0.39, 0.29) is 23.5 Å². The normalized spacial score (nSPS) is 14.7. The number of benzene rings is 1. The predicted molar refractivity (Wildman–Crippen MR) is 112 cm³/mol. The summed E-state index contributed by atoms with van der Waals surface area (Å²) in [5.74, 6) is -0.615. The molecule has 0 spiro atoms. The Balaban J connectivity index is 1.45. The van der Waals surface area contributed by atoms with E-state index in [9.17, 15) is 14.0 Å². The van der Waals surface area contributed by atoms with Gasteiger partial charge < -0.3 is 14.8 Å². The molecule has 1 saturated heterocycles. The first kappa shape index (κ1) is 20.2. The number of hydrogen-bond acceptors (Lipinski definition) is 5. The minimum absolute atomic E-state index is 0.0614. The van der Waals surface area contributed by atoms with Crippen molar-refractivity contribution in [3.63, 3.8) is 0 Å². The lowest BCUT2D eigenvalue weighted by Crippen LogP contribution is -2.41. The number of anilines is 1. The van der Waals surface area contributed by atoms with E-state index in [1.54, 1.807) is 16.5 Å². The molecule has 4 rings (SSSR count). The van der Waals surface area contributed by atoms with E-state index in [4.69, 9.17) is 0 Å². The molecule has 2 amide bonds. The van der Waals surface area contributed by atoms with Gasteiger partial charge >= 0.3 is 0 Å². The number of amides is 2. The van der Waals surface area contributed by atoms with E-state index in [1.807, 2.05) is 30.5 Å². The summed E-state index contributed by atoms with van der Waals surface area (Å²) in [6.45, 7) is 4.79. The highest BCUT2D eigenvalue weighted by atomic mass is 32.1. The van der Waals surface area contributed by atoms with Crippen LogP contribution < -0.4 is 5.32 Å². The second kappa shape index (κ2) is 8.35. The maximum Gasteiger partial charge on any atom is 0.255 e. The zero-order chi connectivity index (χ0) is 21.3. The van der Waals surface area contributed by atoms with Crippen molar-refractivity contribution >= 4 is 28.3 Å². The topological polar surface area (TPSA) is 80.1 Å². The first-order valence-electron chi connectivity index (χ1n) is 9.75. The molecule has 0 bridgehead atoms. The first-order valence-corrected chi connectivity index (χ1v) is 10.6. The van der Waals surface area contributed by atoms with Gasteiger partial charge in [-0.2, -0.15) is 0 Å². The molecule has 0 radical (unpaired) electrons. The van der Waals surface area contributed by atoms with Crippen molar-refractivity contribution in [1.29, 1.82) is 0 Å². The zero-order valence-corrected chi connectivity index (χ0v) is 17.6. The number of likely N-dealkylation sites (tertiary alicyclic amines) is 1. The number of rotatable bonds is 4. The third-order valence-corrected chi connectivity index (χ3v) is 6.08. The van der Waals surface area contributed by atoms with Gasteiger partial charge in [-0.15, -0.1) is 10.2 Å². The van der Waals surface area contributed by atoms with Crippen LogP contribution in [0.5, 0.6) is 0 Å². The molecule has 0 unspecified atom stereocenters. The largest absolute Gasteiger partial charge is 0.339 e.